The van der Waals surface area contributed by atoms with Crippen LogP contribution in [-0.2, 0) is 7.05 Å². The van der Waals surface area contributed by atoms with Crippen LogP contribution in [0, 0.1) is 11.6 Å². The van der Waals surface area contributed by atoms with Gasteiger partial charge in [0.2, 0.25) is 0 Å². The summed E-state index contributed by atoms with van der Waals surface area (Å²) in [6.45, 7) is 0. The molecule has 0 saturated carbocycles. The quantitative estimate of drug-likeness (QED) is 0.162. The van der Waals surface area contributed by atoms with Gasteiger partial charge in [0.15, 0.2) is 0 Å². The maximum atomic E-state index is 13.6. The fourth-order valence-corrected chi connectivity index (χ4v) is 7.35. The smallest absolute Gasteiger partial charge is 0.123 e. The van der Waals surface area contributed by atoms with Gasteiger partial charge in [-0.25, -0.2) is 8.78 Å². The van der Waals surface area contributed by atoms with E-state index in [4.69, 9.17) is 0 Å². The fourth-order valence-electron chi connectivity index (χ4n) is 7.35. The number of aromatic nitrogens is 1. The first-order chi connectivity index (χ1) is 26.0. The molecule has 9 rings (SSSR count). The van der Waals surface area contributed by atoms with E-state index in [1.807, 2.05) is 6.07 Å². The first-order valence-electron chi connectivity index (χ1n) is 17.7. The van der Waals surface area contributed by atoms with Crippen molar-refractivity contribution in [2.24, 2.45) is 7.05 Å². The molecule has 0 aliphatic carbocycles. The van der Waals surface area contributed by atoms with Crippen LogP contribution in [0.1, 0.15) is 0 Å². The van der Waals surface area contributed by atoms with Gasteiger partial charge in [-0.1, -0.05) is 103 Å². The molecule has 9 aromatic rings. The van der Waals surface area contributed by atoms with Crippen molar-refractivity contribution in [2.75, 3.05) is 4.90 Å². The first-order valence-corrected chi connectivity index (χ1v) is 17.7. The summed E-state index contributed by atoms with van der Waals surface area (Å²) in [6.07, 6.45) is 0. The Morgan fingerprint density at radius 2 is 0.642 bits per heavy atom. The van der Waals surface area contributed by atoms with Crippen LogP contribution in [0.15, 0.2) is 188 Å². The van der Waals surface area contributed by atoms with Gasteiger partial charge in [0.25, 0.3) is 0 Å². The minimum Gasteiger partial charge on any atom is -0.344 e. The summed E-state index contributed by atoms with van der Waals surface area (Å²) >= 11 is 0. The molecule has 0 atom stereocenters. The Morgan fingerprint density at radius 3 is 1.02 bits per heavy atom. The van der Waals surface area contributed by atoms with Crippen molar-refractivity contribution < 1.29 is 8.78 Å². The highest BCUT2D eigenvalue weighted by molar-refractivity contribution is 6.10. The number of anilines is 3. The number of fused-ring (bicyclic) bond motifs is 3. The van der Waals surface area contributed by atoms with Crippen LogP contribution in [-0.4, -0.2) is 4.57 Å². The lowest BCUT2D eigenvalue weighted by molar-refractivity contribution is 0.627. The van der Waals surface area contributed by atoms with E-state index < -0.39 is 0 Å². The number of aryl methyl sites for hydroxylation is 1. The van der Waals surface area contributed by atoms with E-state index in [1.165, 1.54) is 57.2 Å². The second-order valence-electron chi connectivity index (χ2n) is 13.4. The predicted molar refractivity (Wildman–Crippen MR) is 217 cm³/mol. The van der Waals surface area contributed by atoms with E-state index >= 15 is 0 Å². The van der Waals surface area contributed by atoms with Crippen molar-refractivity contribution in [3.8, 4) is 44.5 Å². The van der Waals surface area contributed by atoms with Gasteiger partial charge in [0.1, 0.15) is 11.6 Å². The van der Waals surface area contributed by atoms with Crippen molar-refractivity contribution in [3.05, 3.63) is 200 Å². The average Bonchev–Trinajstić information content (AvgIpc) is 3.49. The van der Waals surface area contributed by atoms with Gasteiger partial charge in [-0.15, -0.1) is 0 Å². The van der Waals surface area contributed by atoms with Crippen LogP contribution in [0.2, 0.25) is 0 Å². The Kier molecular flexibility index (Phi) is 8.13. The van der Waals surface area contributed by atoms with Crippen molar-refractivity contribution in [1.82, 2.24) is 4.57 Å². The molecule has 0 saturated heterocycles. The lowest BCUT2D eigenvalue weighted by Crippen LogP contribution is -2.09. The molecular weight excluding hydrogens is 655 g/mol. The highest BCUT2D eigenvalue weighted by atomic mass is 19.1. The van der Waals surface area contributed by atoms with Gasteiger partial charge in [-0.3, -0.25) is 0 Å². The Morgan fingerprint density at radius 1 is 0.340 bits per heavy atom. The van der Waals surface area contributed by atoms with E-state index in [9.17, 15) is 8.78 Å². The molecule has 4 heteroatoms. The van der Waals surface area contributed by atoms with Gasteiger partial charge in [0.05, 0.1) is 0 Å². The summed E-state index contributed by atoms with van der Waals surface area (Å²) in [5.41, 5.74) is 14.0. The largest absolute Gasteiger partial charge is 0.344 e. The Balaban J connectivity index is 1.09. The molecule has 8 aromatic carbocycles. The van der Waals surface area contributed by atoms with Crippen LogP contribution in [0.4, 0.5) is 25.8 Å². The summed E-state index contributed by atoms with van der Waals surface area (Å²) in [7, 11) is 2.13. The summed E-state index contributed by atoms with van der Waals surface area (Å²) in [5, 5.41) is 2.47. The monoisotopic (exact) mass is 688 g/mol. The van der Waals surface area contributed by atoms with Crippen LogP contribution < -0.4 is 4.90 Å². The third-order valence-corrected chi connectivity index (χ3v) is 10.2. The van der Waals surface area contributed by atoms with Crippen molar-refractivity contribution in [2.45, 2.75) is 0 Å². The molecule has 0 bridgehead atoms. The third kappa shape index (κ3) is 6.15. The maximum Gasteiger partial charge on any atom is 0.123 e. The van der Waals surface area contributed by atoms with Crippen molar-refractivity contribution >= 4 is 38.9 Å². The Bertz CT molecular complexity index is 2610. The molecule has 0 N–H and O–H groups in total. The van der Waals surface area contributed by atoms with Crippen LogP contribution in [0.25, 0.3) is 66.3 Å². The zero-order valence-corrected chi connectivity index (χ0v) is 29.0. The number of nitrogens with zero attached hydrogens (tertiary/aromatic N) is 2. The average molecular weight is 689 g/mol. The van der Waals surface area contributed by atoms with E-state index in [1.54, 1.807) is 24.3 Å². The molecule has 0 unspecified atom stereocenters. The molecule has 0 radical (unpaired) electrons. The Labute approximate surface area is 307 Å². The molecular formula is C49H34F2N2. The lowest BCUT2D eigenvalue weighted by Gasteiger charge is -2.26. The van der Waals surface area contributed by atoms with Crippen LogP contribution >= 0.6 is 0 Å². The second-order valence-corrected chi connectivity index (χ2v) is 13.4. The van der Waals surface area contributed by atoms with Crippen LogP contribution in [0.3, 0.4) is 0 Å². The molecule has 2 nitrogen and oxygen atoms in total. The highest BCUT2D eigenvalue weighted by Gasteiger charge is 2.15. The second kappa shape index (κ2) is 13.4. The summed E-state index contributed by atoms with van der Waals surface area (Å²) < 4.78 is 29.5. The zero-order chi connectivity index (χ0) is 35.9. The number of rotatable bonds is 7. The molecule has 0 fully saturated rings. The molecule has 0 amide bonds. The molecule has 1 aromatic heterocycles. The van der Waals surface area contributed by atoms with Gasteiger partial charge in [0, 0.05) is 45.9 Å². The highest BCUT2D eigenvalue weighted by Crippen LogP contribution is 2.39. The lowest BCUT2D eigenvalue weighted by atomic mass is 10.00. The summed E-state index contributed by atoms with van der Waals surface area (Å²) in [6, 6.07) is 62.5. The minimum absolute atomic E-state index is 0.252. The molecule has 0 aliphatic rings. The standard InChI is InChI=1S/C49H34F2N2/c1-52-48-29-17-39(33-5-3-2-4-6-33)31-46(48)47-32-40(18-30-49(47)52)38-15-27-45(28-16-38)53(43-23-11-36(12-24-43)34-7-19-41(50)20-8-34)44-25-13-37(14-26-44)35-9-21-42(51)22-10-35/h2-32H,1H3. The van der Waals surface area contributed by atoms with E-state index in [2.05, 4.69) is 150 Å². The topological polar surface area (TPSA) is 8.17 Å². The van der Waals surface area contributed by atoms with E-state index in [-0.39, 0.29) is 11.6 Å². The fraction of sp³-hybridized carbons (Fsp3) is 0.0204. The number of halogens is 2. The SMILES string of the molecule is Cn1c2ccc(-c3ccccc3)cc2c2cc(-c3ccc(N(c4ccc(-c5ccc(F)cc5)cc4)c4ccc(-c5ccc(F)cc5)cc4)cc3)ccc21. The zero-order valence-electron chi connectivity index (χ0n) is 29.0. The number of hydrogen-bond donors (Lipinski definition) is 0. The third-order valence-electron chi connectivity index (χ3n) is 10.2. The molecule has 0 aliphatic heterocycles. The van der Waals surface area contributed by atoms with Gasteiger partial charge >= 0.3 is 0 Å². The van der Waals surface area contributed by atoms with Gasteiger partial charge in [-0.2, -0.15) is 0 Å². The first kappa shape index (κ1) is 32.1. The number of hydrogen-bond acceptors (Lipinski definition) is 1. The molecule has 0 spiro atoms. The minimum atomic E-state index is -0.252. The summed E-state index contributed by atoms with van der Waals surface area (Å²) in [5.74, 6) is -0.503. The maximum absolute atomic E-state index is 13.6. The molecule has 1 heterocycles. The van der Waals surface area contributed by atoms with Gasteiger partial charge in [-0.05, 0) is 129 Å². The van der Waals surface area contributed by atoms with Crippen molar-refractivity contribution in [3.63, 3.8) is 0 Å². The predicted octanol–water partition coefficient (Wildman–Crippen LogP) is 13.7. The Hall–Kier alpha value is -6.78. The molecule has 254 valence electrons. The van der Waals surface area contributed by atoms with E-state index in [0.29, 0.717) is 0 Å². The normalized spacial score (nSPS) is 11.3. The van der Waals surface area contributed by atoms with E-state index in [0.717, 1.165) is 50.4 Å². The van der Waals surface area contributed by atoms with Crippen LogP contribution in [0.5, 0.6) is 0 Å². The van der Waals surface area contributed by atoms with Crippen molar-refractivity contribution in [1.29, 1.82) is 0 Å². The van der Waals surface area contributed by atoms with Gasteiger partial charge < -0.3 is 9.47 Å². The number of benzene rings is 8. The summed E-state index contributed by atoms with van der Waals surface area (Å²) in [4.78, 5) is 2.23. The molecule has 53 heavy (non-hydrogen) atoms.